The molecular formula is C16H30N2O. The van der Waals surface area contributed by atoms with Gasteiger partial charge in [0.05, 0.1) is 0 Å². The Morgan fingerprint density at radius 3 is 2.53 bits per heavy atom. The van der Waals surface area contributed by atoms with Crippen LogP contribution < -0.4 is 5.32 Å². The molecule has 1 heterocycles. The lowest BCUT2D eigenvalue weighted by Crippen LogP contribution is -2.56. The first-order chi connectivity index (χ1) is 9.26. The molecule has 0 bridgehead atoms. The Kier molecular flexibility index (Phi) is 4.45. The first kappa shape index (κ1) is 13.8. The van der Waals surface area contributed by atoms with Gasteiger partial charge in [-0.3, -0.25) is 4.90 Å². The van der Waals surface area contributed by atoms with Crippen molar-refractivity contribution in [2.75, 3.05) is 26.2 Å². The molecule has 3 nitrogen and oxygen atoms in total. The highest BCUT2D eigenvalue weighted by atomic mass is 16.3. The molecule has 3 heteroatoms. The summed E-state index contributed by atoms with van der Waals surface area (Å²) in [5.74, 6) is 2.55. The Morgan fingerprint density at radius 1 is 1.11 bits per heavy atom. The largest absolute Gasteiger partial charge is 0.396 e. The minimum atomic E-state index is 0.355. The van der Waals surface area contributed by atoms with Gasteiger partial charge < -0.3 is 10.4 Å². The minimum absolute atomic E-state index is 0.355. The zero-order valence-electron chi connectivity index (χ0n) is 12.4. The molecule has 2 saturated carbocycles. The highest BCUT2D eigenvalue weighted by Crippen LogP contribution is 2.35. The van der Waals surface area contributed by atoms with Crippen molar-refractivity contribution in [1.82, 2.24) is 10.2 Å². The zero-order chi connectivity index (χ0) is 13.2. The van der Waals surface area contributed by atoms with Crippen molar-refractivity contribution in [1.29, 1.82) is 0 Å². The lowest BCUT2D eigenvalue weighted by Gasteiger charge is -2.48. The quantitative estimate of drug-likeness (QED) is 0.770. The van der Waals surface area contributed by atoms with Crippen molar-refractivity contribution in [2.24, 2.45) is 17.8 Å². The van der Waals surface area contributed by atoms with E-state index in [-0.39, 0.29) is 0 Å². The van der Waals surface area contributed by atoms with E-state index in [4.69, 9.17) is 0 Å². The zero-order valence-corrected chi connectivity index (χ0v) is 12.4. The summed E-state index contributed by atoms with van der Waals surface area (Å²) >= 11 is 0. The van der Waals surface area contributed by atoms with Gasteiger partial charge in [-0.25, -0.2) is 0 Å². The Labute approximate surface area is 117 Å². The molecule has 19 heavy (non-hydrogen) atoms. The van der Waals surface area contributed by atoms with Gasteiger partial charge >= 0.3 is 0 Å². The first-order valence-corrected chi connectivity index (χ1v) is 8.34. The summed E-state index contributed by atoms with van der Waals surface area (Å²) in [7, 11) is 0. The lowest BCUT2D eigenvalue weighted by atomic mass is 9.78. The van der Waals surface area contributed by atoms with Gasteiger partial charge in [0, 0.05) is 31.8 Å². The van der Waals surface area contributed by atoms with Gasteiger partial charge in [-0.2, -0.15) is 0 Å². The topological polar surface area (TPSA) is 35.5 Å². The van der Waals surface area contributed by atoms with Gasteiger partial charge in [0.1, 0.15) is 0 Å². The molecule has 3 fully saturated rings. The van der Waals surface area contributed by atoms with E-state index in [0.29, 0.717) is 18.6 Å². The van der Waals surface area contributed by atoms with Crippen LogP contribution in [0, 0.1) is 17.8 Å². The van der Waals surface area contributed by atoms with Crippen LogP contribution >= 0.6 is 0 Å². The molecule has 3 aliphatic rings. The second-order valence-electron chi connectivity index (χ2n) is 7.24. The van der Waals surface area contributed by atoms with Crippen LogP contribution in [0.4, 0.5) is 0 Å². The third-order valence-electron chi connectivity index (χ3n) is 5.54. The molecule has 0 aromatic rings. The average molecular weight is 266 g/mol. The van der Waals surface area contributed by atoms with E-state index in [0.717, 1.165) is 24.3 Å². The molecule has 0 amide bonds. The molecular weight excluding hydrogens is 236 g/mol. The van der Waals surface area contributed by atoms with Gasteiger partial charge in [-0.05, 0) is 62.8 Å². The smallest absolute Gasteiger partial charge is 0.0434 e. The molecule has 4 unspecified atom stereocenters. The number of likely N-dealkylation sites (tertiary alicyclic amines) is 1. The van der Waals surface area contributed by atoms with Crippen molar-refractivity contribution in [3.05, 3.63) is 0 Å². The highest BCUT2D eigenvalue weighted by molar-refractivity contribution is 4.93. The normalized spacial score (nSPS) is 40.1. The van der Waals surface area contributed by atoms with E-state index in [1.165, 1.54) is 51.7 Å². The van der Waals surface area contributed by atoms with Crippen LogP contribution in [0.25, 0.3) is 0 Å². The number of aliphatic hydroxyl groups excluding tert-OH is 1. The maximum Gasteiger partial charge on any atom is 0.0434 e. The van der Waals surface area contributed by atoms with Gasteiger partial charge in [0.15, 0.2) is 0 Å². The predicted octanol–water partition coefficient (Wildman–Crippen LogP) is 1.86. The molecule has 0 aromatic heterocycles. The number of hydrogen-bond acceptors (Lipinski definition) is 3. The van der Waals surface area contributed by atoms with E-state index < -0.39 is 0 Å². The van der Waals surface area contributed by atoms with Crippen molar-refractivity contribution in [3.8, 4) is 0 Å². The monoisotopic (exact) mass is 266 g/mol. The maximum absolute atomic E-state index is 9.24. The van der Waals surface area contributed by atoms with Gasteiger partial charge in [-0.15, -0.1) is 0 Å². The van der Waals surface area contributed by atoms with Crippen molar-refractivity contribution < 1.29 is 5.11 Å². The Hall–Kier alpha value is -0.120. The Bertz CT molecular complexity index is 292. The van der Waals surface area contributed by atoms with Crippen LogP contribution in [-0.4, -0.2) is 48.3 Å². The van der Waals surface area contributed by atoms with E-state index in [1.54, 1.807) is 0 Å². The van der Waals surface area contributed by atoms with Gasteiger partial charge in [0.2, 0.25) is 0 Å². The average Bonchev–Trinajstić information content (AvgIpc) is 3.19. The summed E-state index contributed by atoms with van der Waals surface area (Å²) < 4.78 is 0. The maximum atomic E-state index is 9.24. The third-order valence-corrected chi connectivity index (χ3v) is 5.54. The molecule has 2 aliphatic carbocycles. The second kappa shape index (κ2) is 6.11. The molecule has 110 valence electrons. The fourth-order valence-electron chi connectivity index (χ4n) is 3.90. The lowest BCUT2D eigenvalue weighted by molar-refractivity contribution is 0.0178. The Morgan fingerprint density at radius 2 is 1.95 bits per heavy atom. The van der Waals surface area contributed by atoms with E-state index in [9.17, 15) is 5.11 Å². The van der Waals surface area contributed by atoms with Crippen LogP contribution in [-0.2, 0) is 0 Å². The first-order valence-electron chi connectivity index (χ1n) is 8.34. The number of hydrogen-bond donors (Lipinski definition) is 2. The molecule has 4 atom stereocenters. The summed E-state index contributed by atoms with van der Waals surface area (Å²) in [6.07, 6.45) is 7.92. The highest BCUT2D eigenvalue weighted by Gasteiger charge is 2.37. The Balaban J connectivity index is 1.53. The molecule has 3 rings (SSSR count). The summed E-state index contributed by atoms with van der Waals surface area (Å²) in [4.78, 5) is 2.72. The number of aliphatic hydroxyl groups is 1. The molecule has 1 aliphatic heterocycles. The summed E-state index contributed by atoms with van der Waals surface area (Å²) in [5, 5.41) is 13.0. The number of nitrogens with one attached hydrogen (secondary N) is 1. The van der Waals surface area contributed by atoms with Crippen LogP contribution in [0.2, 0.25) is 0 Å². The van der Waals surface area contributed by atoms with Gasteiger partial charge in [0.25, 0.3) is 0 Å². The molecule has 0 aromatic carbocycles. The number of piperidine rings is 1. The molecule has 2 N–H and O–H groups in total. The SMILES string of the molecule is CC1CCC1N1CC(CCO)CC(NCC2CC2)C1. The summed E-state index contributed by atoms with van der Waals surface area (Å²) in [6, 6.07) is 1.49. The van der Waals surface area contributed by atoms with E-state index in [2.05, 4.69) is 17.1 Å². The summed E-state index contributed by atoms with van der Waals surface area (Å²) in [6.45, 7) is 6.44. The minimum Gasteiger partial charge on any atom is -0.396 e. The van der Waals surface area contributed by atoms with Crippen LogP contribution in [0.1, 0.15) is 45.4 Å². The van der Waals surface area contributed by atoms with E-state index >= 15 is 0 Å². The molecule has 0 spiro atoms. The van der Waals surface area contributed by atoms with E-state index in [1.807, 2.05) is 0 Å². The fourth-order valence-corrected chi connectivity index (χ4v) is 3.90. The number of rotatable bonds is 6. The van der Waals surface area contributed by atoms with Crippen molar-refractivity contribution in [2.45, 2.75) is 57.5 Å². The van der Waals surface area contributed by atoms with Gasteiger partial charge in [-0.1, -0.05) is 6.92 Å². The molecule has 0 radical (unpaired) electrons. The second-order valence-corrected chi connectivity index (χ2v) is 7.24. The van der Waals surface area contributed by atoms with Crippen LogP contribution in [0.5, 0.6) is 0 Å². The van der Waals surface area contributed by atoms with Crippen molar-refractivity contribution in [3.63, 3.8) is 0 Å². The standard InChI is InChI=1S/C16H30N2O/c1-12-2-5-16(12)18-10-14(6-7-19)8-15(11-18)17-9-13-3-4-13/h12-17,19H,2-11H2,1H3. The third kappa shape index (κ3) is 3.50. The van der Waals surface area contributed by atoms with Crippen LogP contribution in [0.15, 0.2) is 0 Å². The summed E-state index contributed by atoms with van der Waals surface area (Å²) in [5.41, 5.74) is 0. The number of nitrogens with zero attached hydrogens (tertiary/aromatic N) is 1. The van der Waals surface area contributed by atoms with Crippen LogP contribution in [0.3, 0.4) is 0 Å². The fraction of sp³-hybridized carbons (Fsp3) is 1.00. The predicted molar refractivity (Wildman–Crippen MR) is 78.1 cm³/mol. The molecule has 1 saturated heterocycles. The van der Waals surface area contributed by atoms with Crippen molar-refractivity contribution >= 4 is 0 Å².